The number of rotatable bonds is 4. The average molecular weight is 207 g/mol. The topological polar surface area (TPSA) is 36.4 Å². The first-order chi connectivity index (χ1) is 7.32. The molecular weight excluding hydrogens is 186 g/mol. The van der Waals surface area contributed by atoms with Crippen LogP contribution in [0.25, 0.3) is 0 Å². The highest BCUT2D eigenvalue weighted by Gasteiger charge is 2.53. The molecule has 3 fully saturated rings. The van der Waals surface area contributed by atoms with Crippen LogP contribution in [-0.2, 0) is 0 Å². The van der Waals surface area contributed by atoms with E-state index in [0.717, 1.165) is 18.4 Å². The predicted molar refractivity (Wildman–Crippen MR) is 61.9 cm³/mol. The van der Waals surface area contributed by atoms with Gasteiger partial charge in [-0.15, -0.1) is 0 Å². The summed E-state index contributed by atoms with van der Waals surface area (Å²) in [5, 5.41) is 6.94. The summed E-state index contributed by atoms with van der Waals surface area (Å²) in [5.74, 6) is 2.05. The lowest BCUT2D eigenvalue weighted by Gasteiger charge is -2.17. The third-order valence-electron chi connectivity index (χ3n) is 4.09. The molecule has 15 heavy (non-hydrogen) atoms. The zero-order valence-corrected chi connectivity index (χ0v) is 9.55. The van der Waals surface area contributed by atoms with E-state index < -0.39 is 0 Å². The zero-order valence-electron chi connectivity index (χ0n) is 9.55. The molecule has 0 aromatic carbocycles. The van der Waals surface area contributed by atoms with Crippen LogP contribution in [0.2, 0.25) is 0 Å². The first kappa shape index (κ1) is 9.49. The van der Waals surface area contributed by atoms with Gasteiger partial charge in [0.1, 0.15) is 0 Å². The summed E-state index contributed by atoms with van der Waals surface area (Å²) in [4.78, 5) is 4.27. The number of nitrogens with one attached hydrogen (secondary N) is 2. The quantitative estimate of drug-likeness (QED) is 0.541. The van der Waals surface area contributed by atoms with Crippen molar-refractivity contribution < 1.29 is 0 Å². The van der Waals surface area contributed by atoms with E-state index in [-0.39, 0.29) is 0 Å². The molecule has 0 heterocycles. The van der Waals surface area contributed by atoms with Crippen molar-refractivity contribution in [2.24, 2.45) is 16.3 Å². The van der Waals surface area contributed by atoms with E-state index in [1.165, 1.54) is 38.5 Å². The van der Waals surface area contributed by atoms with E-state index in [1.54, 1.807) is 0 Å². The summed E-state index contributed by atoms with van der Waals surface area (Å²) in [6.07, 6.45) is 8.44. The normalized spacial score (nSPS) is 28.7. The highest BCUT2D eigenvalue weighted by atomic mass is 15.2. The van der Waals surface area contributed by atoms with E-state index in [2.05, 4.69) is 15.6 Å². The van der Waals surface area contributed by atoms with Gasteiger partial charge in [-0.3, -0.25) is 4.99 Å². The van der Waals surface area contributed by atoms with Gasteiger partial charge in [0.25, 0.3) is 0 Å². The summed E-state index contributed by atoms with van der Waals surface area (Å²) in [7, 11) is 1.87. The van der Waals surface area contributed by atoms with Crippen LogP contribution in [0.3, 0.4) is 0 Å². The Morgan fingerprint density at radius 3 is 2.47 bits per heavy atom. The lowest BCUT2D eigenvalue weighted by molar-refractivity contribution is 0.431. The maximum absolute atomic E-state index is 4.27. The van der Waals surface area contributed by atoms with Crippen LogP contribution in [-0.4, -0.2) is 25.6 Å². The van der Waals surface area contributed by atoms with Gasteiger partial charge in [-0.05, 0) is 49.9 Å². The Labute approximate surface area is 91.7 Å². The first-order valence-electron chi connectivity index (χ1n) is 6.30. The van der Waals surface area contributed by atoms with Crippen LogP contribution in [0.1, 0.15) is 38.5 Å². The van der Waals surface area contributed by atoms with E-state index in [9.17, 15) is 0 Å². The maximum Gasteiger partial charge on any atom is 0.191 e. The summed E-state index contributed by atoms with van der Waals surface area (Å²) in [6.45, 7) is 1.14. The predicted octanol–water partition coefficient (Wildman–Crippen LogP) is 1.50. The molecule has 0 radical (unpaired) electrons. The Bertz CT molecular complexity index is 273. The Morgan fingerprint density at radius 1 is 1.27 bits per heavy atom. The Kier molecular flexibility index (Phi) is 2.15. The molecule has 0 aromatic heterocycles. The van der Waals surface area contributed by atoms with Crippen LogP contribution in [0.5, 0.6) is 0 Å². The number of guanidine groups is 1. The molecule has 3 nitrogen and oxygen atoms in total. The molecule has 0 aromatic rings. The third-order valence-corrected chi connectivity index (χ3v) is 4.09. The molecule has 0 bridgehead atoms. The SMILES string of the molecule is CN=C(NCC1(C2CC2)CC1)NC1CC1. The summed E-state index contributed by atoms with van der Waals surface area (Å²) >= 11 is 0. The zero-order chi connectivity index (χ0) is 10.3. The Morgan fingerprint density at radius 2 is 2.00 bits per heavy atom. The highest BCUT2D eigenvalue weighted by Crippen LogP contribution is 2.60. The van der Waals surface area contributed by atoms with Gasteiger partial charge in [0.2, 0.25) is 0 Å². The average Bonchev–Trinajstić information content (AvgIpc) is 3.12. The van der Waals surface area contributed by atoms with E-state index in [0.29, 0.717) is 11.5 Å². The number of hydrogen-bond acceptors (Lipinski definition) is 1. The van der Waals surface area contributed by atoms with Crippen LogP contribution in [0, 0.1) is 11.3 Å². The molecule has 2 N–H and O–H groups in total. The fourth-order valence-electron chi connectivity index (χ4n) is 2.46. The van der Waals surface area contributed by atoms with Crippen molar-refractivity contribution in [2.45, 2.75) is 44.6 Å². The van der Waals surface area contributed by atoms with Crippen molar-refractivity contribution in [1.82, 2.24) is 10.6 Å². The molecule has 3 aliphatic rings. The minimum atomic E-state index is 0.668. The summed E-state index contributed by atoms with van der Waals surface area (Å²) < 4.78 is 0. The molecule has 0 amide bonds. The van der Waals surface area contributed by atoms with Crippen molar-refractivity contribution in [2.75, 3.05) is 13.6 Å². The van der Waals surface area contributed by atoms with Crippen molar-refractivity contribution >= 4 is 5.96 Å². The summed E-state index contributed by atoms with van der Waals surface area (Å²) in [5.41, 5.74) is 0.668. The van der Waals surface area contributed by atoms with Crippen molar-refractivity contribution in [1.29, 1.82) is 0 Å². The molecule has 0 saturated heterocycles. The summed E-state index contributed by atoms with van der Waals surface area (Å²) in [6, 6.07) is 0.701. The largest absolute Gasteiger partial charge is 0.356 e. The first-order valence-corrected chi connectivity index (χ1v) is 6.30. The molecule has 0 atom stereocenters. The molecule has 3 heteroatoms. The number of nitrogens with zero attached hydrogens (tertiary/aromatic N) is 1. The minimum absolute atomic E-state index is 0.668. The fraction of sp³-hybridized carbons (Fsp3) is 0.917. The molecule has 84 valence electrons. The maximum atomic E-state index is 4.27. The monoisotopic (exact) mass is 207 g/mol. The van der Waals surface area contributed by atoms with Gasteiger partial charge >= 0.3 is 0 Å². The van der Waals surface area contributed by atoms with Crippen molar-refractivity contribution in [3.05, 3.63) is 0 Å². The van der Waals surface area contributed by atoms with E-state index in [1.807, 2.05) is 7.05 Å². The van der Waals surface area contributed by atoms with Gasteiger partial charge in [0, 0.05) is 19.6 Å². The standard InChI is InChI=1S/C12H21N3/c1-13-11(15-10-4-5-10)14-8-12(6-7-12)9-2-3-9/h9-10H,2-8H2,1H3,(H2,13,14,15). The number of hydrogen-bond donors (Lipinski definition) is 2. The van der Waals surface area contributed by atoms with Gasteiger partial charge in [0.05, 0.1) is 0 Å². The van der Waals surface area contributed by atoms with Crippen LogP contribution in [0.15, 0.2) is 4.99 Å². The van der Waals surface area contributed by atoms with Crippen LogP contribution < -0.4 is 10.6 Å². The van der Waals surface area contributed by atoms with Crippen molar-refractivity contribution in [3.63, 3.8) is 0 Å². The van der Waals surface area contributed by atoms with Gasteiger partial charge in [0.15, 0.2) is 5.96 Å². The van der Waals surface area contributed by atoms with Crippen LogP contribution in [0.4, 0.5) is 0 Å². The van der Waals surface area contributed by atoms with Gasteiger partial charge in [-0.1, -0.05) is 0 Å². The molecule has 3 rings (SSSR count). The molecule has 0 aliphatic heterocycles. The van der Waals surface area contributed by atoms with E-state index in [4.69, 9.17) is 0 Å². The smallest absolute Gasteiger partial charge is 0.191 e. The molecule has 0 spiro atoms. The molecule has 3 saturated carbocycles. The Hall–Kier alpha value is -0.730. The fourth-order valence-corrected chi connectivity index (χ4v) is 2.46. The minimum Gasteiger partial charge on any atom is -0.356 e. The second-order valence-corrected chi connectivity index (χ2v) is 5.48. The Balaban J connectivity index is 1.47. The van der Waals surface area contributed by atoms with Gasteiger partial charge in [-0.2, -0.15) is 0 Å². The van der Waals surface area contributed by atoms with E-state index >= 15 is 0 Å². The van der Waals surface area contributed by atoms with Gasteiger partial charge < -0.3 is 10.6 Å². The highest BCUT2D eigenvalue weighted by molar-refractivity contribution is 5.80. The second-order valence-electron chi connectivity index (χ2n) is 5.48. The lowest BCUT2D eigenvalue weighted by Crippen LogP contribution is -2.41. The second kappa shape index (κ2) is 3.39. The lowest BCUT2D eigenvalue weighted by atomic mass is 10.0. The third kappa shape index (κ3) is 2.11. The molecule has 0 unspecified atom stereocenters. The number of aliphatic imine (C=N–C) groups is 1. The van der Waals surface area contributed by atoms with Crippen molar-refractivity contribution in [3.8, 4) is 0 Å². The molecular formula is C12H21N3. The van der Waals surface area contributed by atoms with Gasteiger partial charge in [-0.25, -0.2) is 0 Å². The van der Waals surface area contributed by atoms with Crippen LogP contribution >= 0.6 is 0 Å². The molecule has 3 aliphatic carbocycles.